The lowest BCUT2D eigenvalue weighted by molar-refractivity contribution is 0.0601. The number of ether oxygens (including phenoxy) is 1. The first kappa shape index (κ1) is 14.9. The maximum absolute atomic E-state index is 11.5. The Kier molecular flexibility index (Phi) is 3.66. The number of methoxy groups -OCH3 is 1. The van der Waals surface area contributed by atoms with Crippen molar-refractivity contribution in [1.82, 2.24) is 25.0 Å². The summed E-state index contributed by atoms with van der Waals surface area (Å²) in [6.07, 6.45) is 3.42. The van der Waals surface area contributed by atoms with Crippen LogP contribution in [0.5, 0.6) is 0 Å². The van der Waals surface area contributed by atoms with E-state index in [0.29, 0.717) is 17.1 Å². The first-order valence-corrected chi connectivity index (χ1v) is 7.58. The molecule has 0 fully saturated rings. The third kappa shape index (κ3) is 2.83. The molecule has 2 heterocycles. The molecule has 0 N–H and O–H groups in total. The molecule has 0 atom stereocenters. The van der Waals surface area contributed by atoms with E-state index in [2.05, 4.69) is 20.3 Å². The number of hydrogen-bond acceptors (Lipinski definition) is 6. The van der Waals surface area contributed by atoms with Crippen molar-refractivity contribution in [2.45, 2.75) is 0 Å². The van der Waals surface area contributed by atoms with Gasteiger partial charge in [-0.15, -0.1) is 5.10 Å². The highest BCUT2D eigenvalue weighted by molar-refractivity contribution is 5.89. The minimum Gasteiger partial charge on any atom is -0.465 e. The van der Waals surface area contributed by atoms with Crippen molar-refractivity contribution in [2.24, 2.45) is 0 Å². The molecule has 4 rings (SSSR count). The summed E-state index contributed by atoms with van der Waals surface area (Å²) in [7, 11) is 1.35. The maximum atomic E-state index is 11.5. The van der Waals surface area contributed by atoms with Gasteiger partial charge in [0.1, 0.15) is 5.69 Å². The fourth-order valence-corrected chi connectivity index (χ4v) is 2.46. The fraction of sp³-hybridized carbons (Fsp3) is 0.0556. The van der Waals surface area contributed by atoms with Gasteiger partial charge in [0.25, 0.3) is 0 Å². The maximum Gasteiger partial charge on any atom is 0.337 e. The van der Waals surface area contributed by atoms with Crippen molar-refractivity contribution in [1.29, 1.82) is 0 Å². The van der Waals surface area contributed by atoms with Crippen molar-refractivity contribution >= 4 is 17.0 Å². The van der Waals surface area contributed by atoms with Crippen LogP contribution in [0.25, 0.3) is 28.1 Å². The Morgan fingerprint density at radius 2 is 1.80 bits per heavy atom. The molecule has 0 aliphatic heterocycles. The fourth-order valence-electron chi connectivity index (χ4n) is 2.46. The molecule has 0 radical (unpaired) electrons. The predicted octanol–water partition coefficient (Wildman–Crippen LogP) is 2.66. The Bertz CT molecular complexity index is 1060. The van der Waals surface area contributed by atoms with Crippen molar-refractivity contribution in [2.75, 3.05) is 7.11 Å². The molecule has 0 saturated heterocycles. The van der Waals surface area contributed by atoms with E-state index >= 15 is 0 Å². The molecule has 2 aromatic carbocycles. The van der Waals surface area contributed by atoms with Crippen LogP contribution >= 0.6 is 0 Å². The van der Waals surface area contributed by atoms with Gasteiger partial charge < -0.3 is 4.74 Å². The lowest BCUT2D eigenvalue weighted by Gasteiger charge is -2.01. The van der Waals surface area contributed by atoms with Gasteiger partial charge in [-0.1, -0.05) is 29.5 Å². The highest BCUT2D eigenvalue weighted by atomic mass is 16.5. The third-order valence-corrected chi connectivity index (χ3v) is 3.77. The lowest BCUT2D eigenvalue weighted by atomic mass is 10.1. The molecule has 4 aromatic rings. The van der Waals surface area contributed by atoms with E-state index in [1.807, 2.05) is 24.3 Å². The first-order valence-electron chi connectivity index (χ1n) is 7.58. The molecule has 122 valence electrons. The van der Waals surface area contributed by atoms with Crippen molar-refractivity contribution in [3.63, 3.8) is 0 Å². The topological polar surface area (TPSA) is 82.8 Å². The van der Waals surface area contributed by atoms with Crippen LogP contribution in [0.2, 0.25) is 0 Å². The Labute approximate surface area is 142 Å². The minimum atomic E-state index is -0.373. The Hall–Kier alpha value is -3.61. The number of nitrogens with zero attached hydrogens (tertiary/aromatic N) is 5. The molecule has 7 heteroatoms. The van der Waals surface area contributed by atoms with Crippen LogP contribution in [-0.4, -0.2) is 38.0 Å². The number of benzene rings is 2. The molecule has 0 unspecified atom stereocenters. The molecule has 25 heavy (non-hydrogen) atoms. The van der Waals surface area contributed by atoms with Gasteiger partial charge in [-0.25, -0.2) is 14.5 Å². The standard InChI is InChI=1S/C18H13N5O2/c1-25-18(24)13-8-6-12(7-9-13)16-11-23(22-21-16)17-10-19-14-4-2-3-5-15(14)20-17/h2-11H,1H3. The second-order valence-corrected chi connectivity index (χ2v) is 5.33. The van der Waals surface area contributed by atoms with Crippen molar-refractivity contribution in [3.8, 4) is 17.1 Å². The average molecular weight is 331 g/mol. The molecule has 0 amide bonds. The second kappa shape index (κ2) is 6.12. The summed E-state index contributed by atoms with van der Waals surface area (Å²) in [5.41, 5.74) is 3.61. The van der Waals surface area contributed by atoms with E-state index in [9.17, 15) is 4.79 Å². The smallest absolute Gasteiger partial charge is 0.337 e. The molecule has 0 spiro atoms. The third-order valence-electron chi connectivity index (χ3n) is 3.77. The SMILES string of the molecule is COC(=O)c1ccc(-c2cn(-c3cnc4ccccc4n3)nn2)cc1. The summed E-state index contributed by atoms with van der Waals surface area (Å²) in [6.45, 7) is 0. The van der Waals surface area contributed by atoms with Gasteiger partial charge in [0.05, 0.1) is 36.1 Å². The van der Waals surface area contributed by atoms with E-state index in [4.69, 9.17) is 4.74 Å². The highest BCUT2D eigenvalue weighted by Gasteiger charge is 2.09. The van der Waals surface area contributed by atoms with Crippen LogP contribution < -0.4 is 0 Å². The van der Waals surface area contributed by atoms with Gasteiger partial charge in [0, 0.05) is 5.56 Å². The molecule has 0 saturated carbocycles. The lowest BCUT2D eigenvalue weighted by Crippen LogP contribution is -2.00. The summed E-state index contributed by atoms with van der Waals surface area (Å²) in [4.78, 5) is 20.4. The number of para-hydroxylation sites is 2. The number of carbonyl (C=O) groups is 1. The minimum absolute atomic E-state index is 0.373. The van der Waals surface area contributed by atoms with Crippen LogP contribution in [0.15, 0.2) is 60.9 Å². The summed E-state index contributed by atoms with van der Waals surface area (Å²) in [6, 6.07) is 14.6. The van der Waals surface area contributed by atoms with Crippen LogP contribution in [0, 0.1) is 0 Å². The van der Waals surface area contributed by atoms with E-state index < -0.39 is 0 Å². The highest BCUT2D eigenvalue weighted by Crippen LogP contribution is 2.19. The average Bonchev–Trinajstić information content (AvgIpc) is 3.17. The number of rotatable bonds is 3. The Morgan fingerprint density at radius 3 is 2.56 bits per heavy atom. The van der Waals surface area contributed by atoms with Gasteiger partial charge in [-0.3, -0.25) is 4.98 Å². The van der Waals surface area contributed by atoms with Crippen molar-refractivity contribution in [3.05, 3.63) is 66.5 Å². The Balaban J connectivity index is 1.66. The number of esters is 1. The van der Waals surface area contributed by atoms with E-state index in [-0.39, 0.29) is 5.97 Å². The molecule has 0 bridgehead atoms. The number of hydrogen-bond donors (Lipinski definition) is 0. The number of carbonyl (C=O) groups excluding carboxylic acids is 1. The molecule has 2 aromatic heterocycles. The molecule has 7 nitrogen and oxygen atoms in total. The largest absolute Gasteiger partial charge is 0.465 e. The van der Waals surface area contributed by atoms with Crippen LogP contribution in [0.1, 0.15) is 10.4 Å². The van der Waals surface area contributed by atoms with Crippen LogP contribution in [0.4, 0.5) is 0 Å². The zero-order chi connectivity index (χ0) is 17.2. The number of fused-ring (bicyclic) bond motifs is 1. The van der Waals surface area contributed by atoms with E-state index in [1.54, 1.807) is 41.3 Å². The molecule has 0 aliphatic carbocycles. The van der Waals surface area contributed by atoms with Crippen LogP contribution in [-0.2, 0) is 4.74 Å². The van der Waals surface area contributed by atoms with Gasteiger partial charge in [-0.05, 0) is 24.3 Å². The normalized spacial score (nSPS) is 10.8. The summed E-state index contributed by atoms with van der Waals surface area (Å²) in [5, 5.41) is 8.28. The van der Waals surface area contributed by atoms with Gasteiger partial charge >= 0.3 is 5.97 Å². The molecule has 0 aliphatic rings. The summed E-state index contributed by atoms with van der Waals surface area (Å²) < 4.78 is 6.27. The number of aromatic nitrogens is 5. The zero-order valence-electron chi connectivity index (χ0n) is 13.3. The summed E-state index contributed by atoms with van der Waals surface area (Å²) in [5.74, 6) is 0.213. The van der Waals surface area contributed by atoms with Crippen LogP contribution in [0.3, 0.4) is 0 Å². The Morgan fingerprint density at radius 1 is 1.04 bits per heavy atom. The van der Waals surface area contributed by atoms with Gasteiger partial charge in [0.15, 0.2) is 5.82 Å². The molecular formula is C18H13N5O2. The molecular weight excluding hydrogens is 318 g/mol. The summed E-state index contributed by atoms with van der Waals surface area (Å²) >= 11 is 0. The first-order chi connectivity index (χ1) is 12.2. The van der Waals surface area contributed by atoms with E-state index in [0.717, 1.165) is 16.6 Å². The van der Waals surface area contributed by atoms with Gasteiger partial charge in [0.2, 0.25) is 0 Å². The predicted molar refractivity (Wildman–Crippen MR) is 91.2 cm³/mol. The van der Waals surface area contributed by atoms with Crippen molar-refractivity contribution < 1.29 is 9.53 Å². The van der Waals surface area contributed by atoms with E-state index in [1.165, 1.54) is 7.11 Å². The van der Waals surface area contributed by atoms with Gasteiger partial charge in [-0.2, -0.15) is 0 Å². The monoisotopic (exact) mass is 331 g/mol. The second-order valence-electron chi connectivity index (χ2n) is 5.33. The quantitative estimate of drug-likeness (QED) is 0.537. The zero-order valence-corrected chi connectivity index (χ0v) is 13.3.